The van der Waals surface area contributed by atoms with Gasteiger partial charge in [-0.1, -0.05) is 0 Å². The molecule has 3 rings (SSSR count). The summed E-state index contributed by atoms with van der Waals surface area (Å²) in [5.41, 5.74) is -0.394. The topological polar surface area (TPSA) is 60.0 Å². The van der Waals surface area contributed by atoms with Crippen LogP contribution < -0.4 is 0 Å². The van der Waals surface area contributed by atoms with Gasteiger partial charge in [0, 0.05) is 11.6 Å². The minimum Gasteiger partial charge on any atom is -0.342 e. The van der Waals surface area contributed by atoms with Crippen molar-refractivity contribution in [3.63, 3.8) is 0 Å². The summed E-state index contributed by atoms with van der Waals surface area (Å²) in [5.74, 6) is -2.33. The van der Waals surface area contributed by atoms with E-state index in [1.807, 2.05) is 0 Å². The van der Waals surface area contributed by atoms with Crippen molar-refractivity contribution in [2.75, 3.05) is 6.61 Å². The molecule has 8 heteroatoms. The van der Waals surface area contributed by atoms with E-state index in [0.29, 0.717) is 5.82 Å². The van der Waals surface area contributed by atoms with Crippen molar-refractivity contribution in [2.24, 2.45) is 0 Å². The van der Waals surface area contributed by atoms with Crippen LogP contribution in [-0.2, 0) is 21.7 Å². The van der Waals surface area contributed by atoms with Crippen LogP contribution in [0.4, 0.5) is 8.78 Å². The number of nitrogens with one attached hydrogen (secondary N) is 1. The molecule has 20 heavy (non-hydrogen) atoms. The summed E-state index contributed by atoms with van der Waals surface area (Å²) in [6, 6.07) is 3.24. The third kappa shape index (κ3) is 2.41. The van der Waals surface area contributed by atoms with E-state index < -0.39 is 22.9 Å². The lowest BCUT2D eigenvalue weighted by Crippen LogP contribution is -2.32. The lowest BCUT2D eigenvalue weighted by Gasteiger charge is -2.27. The Bertz CT molecular complexity index is 611. The molecule has 1 aliphatic heterocycles. The molecule has 0 radical (unpaired) electrons. The number of rotatable bonds is 3. The number of aromatic nitrogens is 3. The summed E-state index contributed by atoms with van der Waals surface area (Å²) >= 11 is 4.17. The molecule has 5 nitrogen and oxygen atoms in total. The molecule has 1 aromatic heterocycles. The second-order valence-corrected chi connectivity index (χ2v) is 4.95. The summed E-state index contributed by atoms with van der Waals surface area (Å²) in [4.78, 5) is 3.97. The Hall–Kier alpha value is -1.51. The average molecular weight is 299 g/mol. The molecule has 2 atom stereocenters. The van der Waals surface area contributed by atoms with Gasteiger partial charge in [0.2, 0.25) is 5.79 Å². The third-order valence-electron chi connectivity index (χ3n) is 2.99. The van der Waals surface area contributed by atoms with E-state index in [1.165, 1.54) is 12.4 Å². The van der Waals surface area contributed by atoms with E-state index in [0.717, 1.165) is 12.1 Å². The van der Waals surface area contributed by atoms with Crippen LogP contribution in [0.2, 0.25) is 0 Å². The lowest BCUT2D eigenvalue weighted by atomic mass is 10.0. The highest BCUT2D eigenvalue weighted by Crippen LogP contribution is 2.39. The fourth-order valence-corrected chi connectivity index (χ4v) is 2.40. The molecule has 0 spiro atoms. The molecule has 1 saturated heterocycles. The molecule has 1 aliphatic rings. The maximum Gasteiger partial charge on any atom is 0.206 e. The Labute approximate surface area is 118 Å². The molecule has 1 fully saturated rings. The number of hydrogen-bond acceptors (Lipinski definition) is 5. The highest BCUT2D eigenvalue weighted by atomic mass is 32.1. The SMILES string of the molecule is Fc1ccc(C2(Cc3ncn[nH]3)OCC(S)O2)c(F)c1. The van der Waals surface area contributed by atoms with Crippen LogP contribution in [0.1, 0.15) is 11.4 Å². The molecule has 1 N–H and O–H groups in total. The second kappa shape index (κ2) is 5.12. The minimum atomic E-state index is -1.39. The van der Waals surface area contributed by atoms with Crippen LogP contribution in [-0.4, -0.2) is 27.2 Å². The normalized spacial score (nSPS) is 26.1. The molecular formula is C12H11F2N3O2S. The van der Waals surface area contributed by atoms with Gasteiger partial charge in [0.25, 0.3) is 0 Å². The van der Waals surface area contributed by atoms with Crippen molar-refractivity contribution in [1.82, 2.24) is 15.2 Å². The van der Waals surface area contributed by atoms with E-state index in [-0.39, 0.29) is 18.6 Å². The van der Waals surface area contributed by atoms with Crippen LogP contribution in [0.25, 0.3) is 0 Å². The smallest absolute Gasteiger partial charge is 0.206 e. The van der Waals surface area contributed by atoms with Gasteiger partial charge in [0.05, 0.1) is 13.0 Å². The first-order valence-corrected chi connectivity index (χ1v) is 6.40. The van der Waals surface area contributed by atoms with Crippen molar-refractivity contribution >= 4 is 12.6 Å². The average Bonchev–Trinajstić information content (AvgIpc) is 3.00. The third-order valence-corrected chi connectivity index (χ3v) is 3.25. The quantitative estimate of drug-likeness (QED) is 0.848. The van der Waals surface area contributed by atoms with E-state index in [4.69, 9.17) is 9.47 Å². The summed E-state index contributed by atoms with van der Waals surface area (Å²) in [7, 11) is 0. The number of halogens is 2. The summed E-state index contributed by atoms with van der Waals surface area (Å²) in [6.45, 7) is 0.189. The van der Waals surface area contributed by atoms with Crippen molar-refractivity contribution in [3.8, 4) is 0 Å². The monoisotopic (exact) mass is 299 g/mol. The highest BCUT2D eigenvalue weighted by Gasteiger charge is 2.45. The molecule has 2 unspecified atom stereocenters. The zero-order chi connectivity index (χ0) is 14.2. The Morgan fingerprint density at radius 2 is 2.30 bits per heavy atom. The highest BCUT2D eigenvalue weighted by molar-refractivity contribution is 7.80. The largest absolute Gasteiger partial charge is 0.342 e. The van der Waals surface area contributed by atoms with Crippen LogP contribution in [0.5, 0.6) is 0 Å². The van der Waals surface area contributed by atoms with Crippen molar-refractivity contribution in [3.05, 3.63) is 47.5 Å². The molecule has 0 bridgehead atoms. The second-order valence-electron chi connectivity index (χ2n) is 4.37. The van der Waals surface area contributed by atoms with Gasteiger partial charge in [-0.15, -0.1) is 12.6 Å². The molecule has 0 aliphatic carbocycles. The molecule has 2 heterocycles. The first-order valence-electron chi connectivity index (χ1n) is 5.89. The van der Waals surface area contributed by atoms with Gasteiger partial charge in [0.1, 0.15) is 29.2 Å². The fraction of sp³-hybridized carbons (Fsp3) is 0.333. The molecule has 2 aromatic rings. The lowest BCUT2D eigenvalue weighted by molar-refractivity contribution is -0.170. The Kier molecular flexibility index (Phi) is 3.45. The summed E-state index contributed by atoms with van der Waals surface area (Å²) in [5, 5.41) is 6.39. The first-order chi connectivity index (χ1) is 9.59. The number of thiol groups is 1. The summed E-state index contributed by atoms with van der Waals surface area (Å²) < 4.78 is 38.3. The molecule has 0 saturated carbocycles. The van der Waals surface area contributed by atoms with Gasteiger partial charge in [-0.25, -0.2) is 13.8 Å². The van der Waals surface area contributed by atoms with E-state index in [1.54, 1.807) is 0 Å². The van der Waals surface area contributed by atoms with Crippen LogP contribution in [0.15, 0.2) is 24.5 Å². The molecule has 106 valence electrons. The Morgan fingerprint density at radius 1 is 1.45 bits per heavy atom. The fourth-order valence-electron chi connectivity index (χ4n) is 2.16. The molecule has 0 amide bonds. The number of H-pyrrole nitrogens is 1. The Balaban J connectivity index is 2.01. The summed E-state index contributed by atoms with van der Waals surface area (Å²) in [6.07, 6.45) is 1.45. The van der Waals surface area contributed by atoms with E-state index >= 15 is 0 Å². The van der Waals surface area contributed by atoms with Gasteiger partial charge in [-0.05, 0) is 12.1 Å². The standard InChI is InChI=1S/C12H11F2N3O2S/c13-7-1-2-8(9(14)3-7)12(18-5-11(20)19-12)4-10-15-6-16-17-10/h1-3,6,11,20H,4-5H2,(H,15,16,17). The number of nitrogens with zero attached hydrogens (tertiary/aromatic N) is 2. The molecule has 1 aromatic carbocycles. The maximum atomic E-state index is 14.0. The van der Waals surface area contributed by atoms with E-state index in [2.05, 4.69) is 27.8 Å². The Morgan fingerprint density at radius 3 is 2.90 bits per heavy atom. The number of benzene rings is 1. The zero-order valence-corrected chi connectivity index (χ0v) is 11.1. The van der Waals surface area contributed by atoms with Gasteiger partial charge in [-0.2, -0.15) is 5.10 Å². The predicted octanol–water partition coefficient (Wildman–Crippen LogP) is 1.78. The van der Waals surface area contributed by atoms with Crippen molar-refractivity contribution in [1.29, 1.82) is 0 Å². The van der Waals surface area contributed by atoms with Crippen LogP contribution >= 0.6 is 12.6 Å². The molecular weight excluding hydrogens is 288 g/mol. The van der Waals surface area contributed by atoms with Crippen LogP contribution in [0, 0.1) is 11.6 Å². The van der Waals surface area contributed by atoms with Gasteiger partial charge >= 0.3 is 0 Å². The predicted molar refractivity (Wildman–Crippen MR) is 67.9 cm³/mol. The maximum absolute atomic E-state index is 14.0. The van der Waals surface area contributed by atoms with Crippen molar-refractivity contribution in [2.45, 2.75) is 17.6 Å². The van der Waals surface area contributed by atoms with E-state index in [9.17, 15) is 8.78 Å². The zero-order valence-electron chi connectivity index (χ0n) is 10.2. The number of hydrogen-bond donors (Lipinski definition) is 2. The number of ether oxygens (including phenoxy) is 2. The van der Waals surface area contributed by atoms with Gasteiger partial charge in [0.15, 0.2) is 0 Å². The van der Waals surface area contributed by atoms with Crippen LogP contribution in [0.3, 0.4) is 0 Å². The van der Waals surface area contributed by atoms with Gasteiger partial charge < -0.3 is 9.47 Å². The number of aromatic amines is 1. The van der Waals surface area contributed by atoms with Gasteiger partial charge in [-0.3, -0.25) is 5.10 Å². The first kappa shape index (κ1) is 13.5. The minimum absolute atomic E-state index is 0.104. The van der Waals surface area contributed by atoms with Crippen molar-refractivity contribution < 1.29 is 18.3 Å².